The van der Waals surface area contributed by atoms with Gasteiger partial charge in [-0.1, -0.05) is 0 Å². The zero-order chi connectivity index (χ0) is 20.6. The molecule has 0 bridgehead atoms. The fraction of sp³-hybridized carbons (Fsp3) is 0.214. The third-order valence-corrected chi connectivity index (χ3v) is 5.40. The summed E-state index contributed by atoms with van der Waals surface area (Å²) in [4.78, 5) is 12.1. The molecule has 0 saturated carbocycles. The van der Waals surface area contributed by atoms with E-state index in [0.29, 0.717) is 5.56 Å². The first-order valence-corrected chi connectivity index (χ1v) is 9.23. The summed E-state index contributed by atoms with van der Waals surface area (Å²) in [5.74, 6) is -0.917. The van der Waals surface area contributed by atoms with E-state index in [1.54, 1.807) is 17.7 Å². The monoisotopic (exact) mass is 432 g/mol. The maximum absolute atomic E-state index is 12.8. The van der Waals surface area contributed by atoms with Crippen LogP contribution in [0.5, 0.6) is 0 Å². The highest BCUT2D eigenvalue weighted by Gasteiger charge is 2.38. The van der Waals surface area contributed by atoms with Gasteiger partial charge in [0.15, 0.2) is 0 Å². The van der Waals surface area contributed by atoms with E-state index in [1.807, 2.05) is 0 Å². The van der Waals surface area contributed by atoms with Gasteiger partial charge in [0.25, 0.3) is 15.9 Å². The zero-order valence-electron chi connectivity index (χ0n) is 13.2. The molecule has 0 spiro atoms. The molecule has 2 aromatic rings. The number of aryl methyl sites for hydroxylation is 1. The van der Waals surface area contributed by atoms with Gasteiger partial charge in [0, 0.05) is 0 Å². The molecule has 0 aliphatic heterocycles. The van der Waals surface area contributed by atoms with Crippen molar-refractivity contribution in [2.24, 2.45) is 0 Å². The first-order chi connectivity index (χ1) is 12.2. The van der Waals surface area contributed by atoms with E-state index in [4.69, 9.17) is 0 Å². The number of hydrazine groups is 1. The first-order valence-electron chi connectivity index (χ1n) is 6.87. The van der Waals surface area contributed by atoms with Crippen molar-refractivity contribution >= 4 is 27.3 Å². The molecule has 1 aromatic carbocycles. The minimum absolute atomic E-state index is 0.0407. The van der Waals surface area contributed by atoms with Crippen molar-refractivity contribution in [3.8, 4) is 0 Å². The number of hydrogen-bond acceptors (Lipinski definition) is 4. The minimum atomic E-state index is -5.21. The van der Waals surface area contributed by atoms with Gasteiger partial charge in [0.05, 0.1) is 20.9 Å². The van der Waals surface area contributed by atoms with Crippen LogP contribution in [0.15, 0.2) is 34.5 Å². The van der Waals surface area contributed by atoms with Crippen molar-refractivity contribution in [3.05, 3.63) is 51.2 Å². The Morgan fingerprint density at radius 1 is 0.963 bits per heavy atom. The van der Waals surface area contributed by atoms with E-state index in [2.05, 4.69) is 0 Å². The minimum Gasteiger partial charge on any atom is -0.273 e. The molecule has 0 fully saturated rings. The third kappa shape index (κ3) is 5.20. The SMILES string of the molecule is Cc1csc(C(=O)NNS(=O)(=O)c2cc(C(F)(F)F)cc(C(F)(F)F)c2)c1. The summed E-state index contributed by atoms with van der Waals surface area (Å²) in [5.41, 5.74) is -1.14. The van der Waals surface area contributed by atoms with Crippen LogP contribution in [-0.4, -0.2) is 14.3 Å². The molecule has 1 amide bonds. The number of carbonyl (C=O) groups is 1. The van der Waals surface area contributed by atoms with Gasteiger partial charge in [0.2, 0.25) is 0 Å². The van der Waals surface area contributed by atoms with Gasteiger partial charge in [-0.05, 0) is 42.1 Å². The van der Waals surface area contributed by atoms with Crippen LogP contribution in [0.2, 0.25) is 0 Å². The zero-order valence-corrected chi connectivity index (χ0v) is 14.8. The summed E-state index contributed by atoms with van der Waals surface area (Å²) in [6.07, 6.45) is -10.4. The number of rotatable bonds is 4. The molecule has 0 unspecified atom stereocenters. The molecule has 148 valence electrons. The molecule has 0 atom stereocenters. The fourth-order valence-electron chi connectivity index (χ4n) is 1.87. The second-order valence-corrected chi connectivity index (χ2v) is 7.88. The van der Waals surface area contributed by atoms with Crippen molar-refractivity contribution in [2.75, 3.05) is 0 Å². The normalized spacial score (nSPS) is 12.9. The molecule has 5 nitrogen and oxygen atoms in total. The molecule has 0 aliphatic carbocycles. The molecule has 0 aliphatic rings. The van der Waals surface area contributed by atoms with Gasteiger partial charge in [0.1, 0.15) is 0 Å². The molecule has 27 heavy (non-hydrogen) atoms. The Balaban J connectivity index is 2.35. The Morgan fingerprint density at radius 2 is 1.48 bits per heavy atom. The Labute approximate surface area is 153 Å². The van der Waals surface area contributed by atoms with Crippen LogP contribution < -0.4 is 10.3 Å². The highest BCUT2D eigenvalue weighted by molar-refractivity contribution is 7.89. The summed E-state index contributed by atoms with van der Waals surface area (Å²) in [5, 5.41) is 1.59. The standard InChI is InChI=1S/C14H10F6N2O3S2/c1-7-2-11(26-6-7)12(23)21-22-27(24,25)10-4-8(13(15,16)17)3-9(5-10)14(18,19)20/h2-6,22H,1H3,(H,21,23). The Kier molecular flexibility index (Phi) is 5.59. The van der Waals surface area contributed by atoms with Crippen LogP contribution in [-0.2, 0) is 22.4 Å². The Hall–Kier alpha value is -2.12. The van der Waals surface area contributed by atoms with Crippen LogP contribution in [0.1, 0.15) is 26.4 Å². The van der Waals surface area contributed by atoms with E-state index in [0.717, 1.165) is 11.3 Å². The third-order valence-electron chi connectivity index (χ3n) is 3.12. The number of benzene rings is 1. The van der Waals surface area contributed by atoms with Gasteiger partial charge in [-0.2, -0.15) is 26.3 Å². The van der Waals surface area contributed by atoms with E-state index >= 15 is 0 Å². The largest absolute Gasteiger partial charge is 0.416 e. The number of hydrogen-bond donors (Lipinski definition) is 2. The predicted octanol–water partition coefficient (Wildman–Crippen LogP) is 3.72. The average Bonchev–Trinajstić information content (AvgIpc) is 2.97. The lowest BCUT2D eigenvalue weighted by molar-refractivity contribution is -0.143. The van der Waals surface area contributed by atoms with E-state index in [9.17, 15) is 39.6 Å². The second-order valence-electron chi connectivity index (χ2n) is 5.29. The summed E-state index contributed by atoms with van der Waals surface area (Å²) >= 11 is 0.971. The molecular formula is C14H10F6N2O3S2. The van der Waals surface area contributed by atoms with Gasteiger partial charge >= 0.3 is 12.4 Å². The molecule has 0 saturated heterocycles. The summed E-state index contributed by atoms with van der Waals surface area (Å²) in [6.45, 7) is 1.67. The number of alkyl halides is 6. The summed E-state index contributed by atoms with van der Waals surface area (Å²) in [7, 11) is -4.90. The highest BCUT2D eigenvalue weighted by atomic mass is 32.2. The van der Waals surface area contributed by atoms with E-state index in [1.165, 1.54) is 10.9 Å². The van der Waals surface area contributed by atoms with Crippen LogP contribution >= 0.6 is 11.3 Å². The summed E-state index contributed by atoms with van der Waals surface area (Å²) < 4.78 is 101. The summed E-state index contributed by atoms with van der Waals surface area (Å²) in [6, 6.07) is 1.30. The number of nitrogens with one attached hydrogen (secondary N) is 2. The lowest BCUT2D eigenvalue weighted by Gasteiger charge is -2.15. The molecule has 2 rings (SSSR count). The quantitative estimate of drug-likeness (QED) is 0.571. The smallest absolute Gasteiger partial charge is 0.273 e. The van der Waals surface area contributed by atoms with E-state index < -0.39 is 44.3 Å². The first kappa shape index (κ1) is 21.2. The number of amides is 1. The number of carbonyl (C=O) groups excluding carboxylic acids is 1. The number of sulfonamides is 1. The lowest BCUT2D eigenvalue weighted by atomic mass is 10.1. The fourth-order valence-corrected chi connectivity index (χ4v) is 3.57. The van der Waals surface area contributed by atoms with Gasteiger partial charge < -0.3 is 0 Å². The highest BCUT2D eigenvalue weighted by Crippen LogP contribution is 2.37. The number of halogens is 6. The van der Waals surface area contributed by atoms with Crippen LogP contribution in [0.3, 0.4) is 0 Å². The molecule has 1 heterocycles. The molecule has 13 heteroatoms. The lowest BCUT2D eigenvalue weighted by Crippen LogP contribution is -2.41. The second kappa shape index (κ2) is 7.13. The van der Waals surface area contributed by atoms with Crippen LogP contribution in [0.4, 0.5) is 26.3 Å². The van der Waals surface area contributed by atoms with Crippen molar-refractivity contribution < 1.29 is 39.6 Å². The molecule has 1 aromatic heterocycles. The van der Waals surface area contributed by atoms with Crippen molar-refractivity contribution in [2.45, 2.75) is 24.2 Å². The topological polar surface area (TPSA) is 75.3 Å². The van der Waals surface area contributed by atoms with Gasteiger partial charge in [-0.3, -0.25) is 10.2 Å². The maximum atomic E-state index is 12.8. The molecule has 2 N–H and O–H groups in total. The predicted molar refractivity (Wildman–Crippen MR) is 83.3 cm³/mol. The van der Waals surface area contributed by atoms with Crippen molar-refractivity contribution in [1.29, 1.82) is 0 Å². The van der Waals surface area contributed by atoms with Crippen LogP contribution in [0, 0.1) is 6.92 Å². The van der Waals surface area contributed by atoms with Crippen molar-refractivity contribution in [3.63, 3.8) is 0 Å². The molecule has 0 radical (unpaired) electrons. The average molecular weight is 432 g/mol. The van der Waals surface area contributed by atoms with Gasteiger partial charge in [-0.25, -0.2) is 8.42 Å². The Morgan fingerprint density at radius 3 is 1.89 bits per heavy atom. The van der Waals surface area contributed by atoms with Gasteiger partial charge in [-0.15, -0.1) is 16.2 Å². The van der Waals surface area contributed by atoms with Crippen LogP contribution in [0.25, 0.3) is 0 Å². The number of thiophene rings is 1. The van der Waals surface area contributed by atoms with E-state index in [-0.39, 0.29) is 23.1 Å². The van der Waals surface area contributed by atoms with Crippen molar-refractivity contribution in [1.82, 2.24) is 10.3 Å². The maximum Gasteiger partial charge on any atom is 0.416 e. The molecular weight excluding hydrogens is 422 g/mol. The Bertz CT molecular complexity index is 932.